The summed E-state index contributed by atoms with van der Waals surface area (Å²) in [6, 6.07) is 7.85. The van der Waals surface area contributed by atoms with Crippen LogP contribution in [0.4, 0.5) is 0 Å². The molecule has 0 unspecified atom stereocenters. The zero-order chi connectivity index (χ0) is 17.3. The average molecular weight is 330 g/mol. The zero-order valence-corrected chi connectivity index (χ0v) is 13.9. The largest absolute Gasteiger partial charge is 0.480 e. The fourth-order valence-corrected chi connectivity index (χ4v) is 3.21. The first kappa shape index (κ1) is 16.5. The van der Waals surface area contributed by atoms with Crippen LogP contribution < -0.4 is 5.32 Å². The minimum atomic E-state index is -0.818. The summed E-state index contributed by atoms with van der Waals surface area (Å²) in [7, 11) is 0. The van der Waals surface area contributed by atoms with Crippen molar-refractivity contribution in [2.45, 2.75) is 38.8 Å². The number of nitrogens with zero attached hydrogens (tertiary/aromatic N) is 1. The van der Waals surface area contributed by atoms with Gasteiger partial charge < -0.3 is 14.8 Å². The van der Waals surface area contributed by atoms with E-state index in [1.165, 1.54) is 0 Å². The third kappa shape index (κ3) is 3.43. The molecule has 1 saturated carbocycles. The van der Waals surface area contributed by atoms with E-state index >= 15 is 0 Å². The summed E-state index contributed by atoms with van der Waals surface area (Å²) in [5.41, 5.74) is 1.83. The number of fused-ring (bicyclic) bond motifs is 1. The van der Waals surface area contributed by atoms with Crippen molar-refractivity contribution in [3.05, 3.63) is 35.6 Å². The molecule has 24 heavy (non-hydrogen) atoms. The summed E-state index contributed by atoms with van der Waals surface area (Å²) in [4.78, 5) is 25.1. The molecule has 6 nitrogen and oxygen atoms in total. The standard InChI is InChI=1S/C18H22N2O4/c1-3-20(10-17(21)22)14-8-13(9-14)19-18(23)16-7-12-6-11(2)4-5-15(12)24-16/h4-7,13-14H,3,8-10H2,1-2H3,(H,19,23)(H,21,22). The molecule has 1 aliphatic carbocycles. The highest BCUT2D eigenvalue weighted by molar-refractivity contribution is 5.96. The maximum Gasteiger partial charge on any atom is 0.317 e. The van der Waals surface area contributed by atoms with Gasteiger partial charge in [0.1, 0.15) is 5.58 Å². The number of benzene rings is 1. The van der Waals surface area contributed by atoms with E-state index in [0.29, 0.717) is 17.9 Å². The topological polar surface area (TPSA) is 82.8 Å². The fourth-order valence-electron chi connectivity index (χ4n) is 3.21. The van der Waals surface area contributed by atoms with Gasteiger partial charge in [-0.1, -0.05) is 18.6 Å². The Kier molecular flexibility index (Phi) is 4.57. The van der Waals surface area contributed by atoms with Crippen LogP contribution in [0.1, 0.15) is 35.9 Å². The number of carboxylic acids is 1. The van der Waals surface area contributed by atoms with Gasteiger partial charge in [-0.25, -0.2) is 0 Å². The van der Waals surface area contributed by atoms with Crippen molar-refractivity contribution in [1.82, 2.24) is 10.2 Å². The second-order valence-corrected chi connectivity index (χ2v) is 6.40. The van der Waals surface area contributed by atoms with Crippen LogP contribution in [0.2, 0.25) is 0 Å². The van der Waals surface area contributed by atoms with Gasteiger partial charge in [0.2, 0.25) is 0 Å². The molecule has 0 aliphatic heterocycles. The average Bonchev–Trinajstić information content (AvgIpc) is 2.91. The third-order valence-electron chi connectivity index (χ3n) is 4.60. The van der Waals surface area contributed by atoms with Gasteiger partial charge in [-0.15, -0.1) is 0 Å². The van der Waals surface area contributed by atoms with Gasteiger partial charge >= 0.3 is 5.97 Å². The number of aliphatic carboxylic acids is 1. The van der Waals surface area contributed by atoms with Crippen molar-refractivity contribution >= 4 is 22.8 Å². The molecular formula is C18H22N2O4. The maximum atomic E-state index is 12.3. The Morgan fingerprint density at radius 3 is 2.75 bits per heavy atom. The van der Waals surface area contributed by atoms with E-state index in [1.54, 1.807) is 6.07 Å². The molecule has 1 amide bonds. The molecule has 1 aromatic carbocycles. The molecule has 1 fully saturated rings. The van der Waals surface area contributed by atoms with Crippen LogP contribution in [0.5, 0.6) is 0 Å². The van der Waals surface area contributed by atoms with Crippen molar-refractivity contribution in [2.24, 2.45) is 0 Å². The Morgan fingerprint density at radius 1 is 1.33 bits per heavy atom. The molecular weight excluding hydrogens is 308 g/mol. The highest BCUT2D eigenvalue weighted by atomic mass is 16.4. The molecule has 1 heterocycles. The Hall–Kier alpha value is -2.34. The highest BCUT2D eigenvalue weighted by Gasteiger charge is 2.35. The van der Waals surface area contributed by atoms with E-state index in [0.717, 1.165) is 23.8 Å². The third-order valence-corrected chi connectivity index (χ3v) is 4.60. The Balaban J connectivity index is 1.57. The summed E-state index contributed by atoms with van der Waals surface area (Å²) in [5.74, 6) is -0.715. The van der Waals surface area contributed by atoms with Gasteiger partial charge in [0, 0.05) is 17.5 Å². The number of nitrogens with one attached hydrogen (secondary N) is 1. The minimum absolute atomic E-state index is 0.0464. The molecule has 1 aromatic heterocycles. The van der Waals surface area contributed by atoms with Crippen LogP contribution >= 0.6 is 0 Å². The van der Waals surface area contributed by atoms with E-state index in [2.05, 4.69) is 5.32 Å². The highest BCUT2D eigenvalue weighted by Crippen LogP contribution is 2.26. The first-order valence-electron chi connectivity index (χ1n) is 8.23. The van der Waals surface area contributed by atoms with E-state index < -0.39 is 5.97 Å². The molecule has 128 valence electrons. The van der Waals surface area contributed by atoms with Crippen LogP contribution in [0, 0.1) is 6.92 Å². The molecule has 0 radical (unpaired) electrons. The zero-order valence-electron chi connectivity index (χ0n) is 13.9. The molecule has 0 saturated heterocycles. The van der Waals surface area contributed by atoms with Gasteiger partial charge in [-0.3, -0.25) is 14.5 Å². The number of aryl methyl sites for hydroxylation is 1. The summed E-state index contributed by atoms with van der Waals surface area (Å²) >= 11 is 0. The predicted octanol–water partition coefficient (Wildman–Crippen LogP) is 2.41. The number of carbonyl (C=O) groups excluding carboxylic acids is 1. The van der Waals surface area contributed by atoms with Crippen molar-refractivity contribution in [3.8, 4) is 0 Å². The first-order chi connectivity index (χ1) is 11.5. The molecule has 1 aliphatic rings. The van der Waals surface area contributed by atoms with E-state index in [9.17, 15) is 9.59 Å². The van der Waals surface area contributed by atoms with Crippen molar-refractivity contribution in [3.63, 3.8) is 0 Å². The molecule has 0 atom stereocenters. The molecule has 3 rings (SSSR count). The van der Waals surface area contributed by atoms with Crippen LogP contribution in [0.15, 0.2) is 28.7 Å². The minimum Gasteiger partial charge on any atom is -0.480 e. The maximum absolute atomic E-state index is 12.3. The van der Waals surface area contributed by atoms with Crippen molar-refractivity contribution < 1.29 is 19.1 Å². The van der Waals surface area contributed by atoms with Gasteiger partial charge in [0.25, 0.3) is 5.91 Å². The van der Waals surface area contributed by atoms with Crippen LogP contribution in [-0.4, -0.2) is 47.1 Å². The first-order valence-corrected chi connectivity index (χ1v) is 8.23. The number of hydrogen-bond donors (Lipinski definition) is 2. The summed E-state index contributed by atoms with van der Waals surface area (Å²) in [6.07, 6.45) is 1.54. The van der Waals surface area contributed by atoms with Crippen LogP contribution in [-0.2, 0) is 4.79 Å². The second kappa shape index (κ2) is 6.65. The Labute approximate surface area is 140 Å². The van der Waals surface area contributed by atoms with Crippen LogP contribution in [0.3, 0.4) is 0 Å². The van der Waals surface area contributed by atoms with Crippen molar-refractivity contribution in [2.75, 3.05) is 13.1 Å². The predicted molar refractivity (Wildman–Crippen MR) is 90.1 cm³/mol. The lowest BCUT2D eigenvalue weighted by Gasteiger charge is -2.42. The number of rotatable bonds is 6. The molecule has 2 N–H and O–H groups in total. The Bertz CT molecular complexity index is 761. The summed E-state index contributed by atoms with van der Waals surface area (Å²) in [5, 5.41) is 12.8. The lowest BCUT2D eigenvalue weighted by molar-refractivity contribution is -0.139. The second-order valence-electron chi connectivity index (χ2n) is 6.40. The van der Waals surface area contributed by atoms with Gasteiger partial charge in [0.15, 0.2) is 5.76 Å². The quantitative estimate of drug-likeness (QED) is 0.850. The van der Waals surface area contributed by atoms with Gasteiger partial charge in [0.05, 0.1) is 6.54 Å². The summed E-state index contributed by atoms with van der Waals surface area (Å²) in [6.45, 7) is 4.69. The SMILES string of the molecule is CCN(CC(=O)O)C1CC(NC(=O)c2cc3cc(C)ccc3o2)C1. The fraction of sp³-hybridized carbons (Fsp3) is 0.444. The molecule has 0 spiro atoms. The number of furan rings is 1. The van der Waals surface area contributed by atoms with Gasteiger partial charge in [-0.2, -0.15) is 0 Å². The van der Waals surface area contributed by atoms with E-state index in [-0.39, 0.29) is 24.5 Å². The van der Waals surface area contributed by atoms with Crippen LogP contribution in [0.25, 0.3) is 11.0 Å². The smallest absolute Gasteiger partial charge is 0.317 e. The molecule has 6 heteroatoms. The lowest BCUT2D eigenvalue weighted by Crippen LogP contribution is -2.54. The van der Waals surface area contributed by atoms with E-state index in [4.69, 9.17) is 9.52 Å². The number of carbonyl (C=O) groups is 2. The summed E-state index contributed by atoms with van der Waals surface area (Å²) < 4.78 is 5.60. The van der Waals surface area contributed by atoms with Gasteiger partial charge in [-0.05, 0) is 44.5 Å². The number of carboxylic acid groups (broad SMARTS) is 1. The monoisotopic (exact) mass is 330 g/mol. The van der Waals surface area contributed by atoms with E-state index in [1.807, 2.05) is 36.9 Å². The number of hydrogen-bond acceptors (Lipinski definition) is 4. The molecule has 0 bridgehead atoms. The number of amides is 1. The molecule has 2 aromatic rings. The lowest BCUT2D eigenvalue weighted by atomic mass is 9.85. The Morgan fingerprint density at radius 2 is 2.08 bits per heavy atom. The number of likely N-dealkylation sites (N-methyl/N-ethyl adjacent to an activating group) is 1. The normalized spacial score (nSPS) is 20.1. The van der Waals surface area contributed by atoms with Crippen molar-refractivity contribution in [1.29, 1.82) is 0 Å².